The van der Waals surface area contributed by atoms with Crippen LogP contribution >= 0.6 is 18.7 Å². The van der Waals surface area contributed by atoms with Crippen molar-refractivity contribution in [1.82, 2.24) is 0 Å². The lowest BCUT2D eigenvalue weighted by atomic mass is 9.74. The SMILES string of the molecule is CC1=C(Cl)[C@H]2CP(=O)(c3c(C)cc(C)cc3C)[C@@H]1[C@H]1C(=O)N(c3ccccc3)C(=O)[C@H]12. The second-order valence-electron chi connectivity index (χ2n) is 9.21. The topological polar surface area (TPSA) is 54.5 Å². The number of rotatable bonds is 2. The van der Waals surface area contributed by atoms with Crippen LogP contribution in [0.1, 0.15) is 23.6 Å². The van der Waals surface area contributed by atoms with Crippen molar-refractivity contribution in [1.29, 1.82) is 0 Å². The molecule has 4 aliphatic rings. The van der Waals surface area contributed by atoms with E-state index >= 15 is 0 Å². The van der Waals surface area contributed by atoms with Gasteiger partial charge in [0.15, 0.2) is 0 Å². The van der Waals surface area contributed by atoms with Gasteiger partial charge in [-0.1, -0.05) is 47.5 Å². The molecule has 3 heterocycles. The molecule has 2 fully saturated rings. The number of amides is 2. The summed E-state index contributed by atoms with van der Waals surface area (Å²) < 4.78 is 14.8. The van der Waals surface area contributed by atoms with E-state index in [9.17, 15) is 14.2 Å². The number of benzene rings is 2. The van der Waals surface area contributed by atoms with E-state index in [1.165, 1.54) is 4.90 Å². The van der Waals surface area contributed by atoms with Gasteiger partial charge in [0.05, 0.1) is 23.2 Å². The second kappa shape index (κ2) is 6.92. The number of para-hydroxylation sites is 1. The summed E-state index contributed by atoms with van der Waals surface area (Å²) >= 11 is 6.73. The van der Waals surface area contributed by atoms with E-state index in [1.54, 1.807) is 12.1 Å². The lowest BCUT2D eigenvalue weighted by Crippen LogP contribution is -2.49. The maximum absolute atomic E-state index is 14.8. The fourth-order valence-electron chi connectivity index (χ4n) is 6.33. The molecule has 160 valence electrons. The van der Waals surface area contributed by atoms with Crippen LogP contribution in [0.15, 0.2) is 53.1 Å². The highest BCUT2D eigenvalue weighted by Gasteiger charge is 2.66. The van der Waals surface area contributed by atoms with Crippen molar-refractivity contribution >= 4 is 41.5 Å². The second-order valence-corrected chi connectivity index (χ2v) is 12.6. The fourth-order valence-corrected chi connectivity index (χ4v) is 11.4. The molecule has 2 saturated heterocycles. The number of aryl methyl sites for hydroxylation is 3. The smallest absolute Gasteiger partial charge is 0.238 e. The van der Waals surface area contributed by atoms with Crippen molar-refractivity contribution in [2.75, 3.05) is 11.1 Å². The average molecular weight is 454 g/mol. The molecule has 2 aromatic carbocycles. The fraction of sp³-hybridized carbons (Fsp3) is 0.360. The number of hydrogen-bond donors (Lipinski definition) is 0. The molecule has 2 aromatic rings. The number of carbonyl (C=O) groups excluding carboxylic acids is 2. The van der Waals surface area contributed by atoms with Gasteiger partial charge >= 0.3 is 0 Å². The van der Waals surface area contributed by atoms with Gasteiger partial charge in [0.25, 0.3) is 0 Å². The molecule has 0 radical (unpaired) electrons. The molecule has 0 saturated carbocycles. The summed E-state index contributed by atoms with van der Waals surface area (Å²) in [7, 11) is -3.01. The van der Waals surface area contributed by atoms with Crippen molar-refractivity contribution < 1.29 is 14.2 Å². The number of imide groups is 1. The molecule has 0 aromatic heterocycles. The highest BCUT2D eigenvalue weighted by atomic mass is 35.5. The van der Waals surface area contributed by atoms with Gasteiger partial charge in [0, 0.05) is 22.4 Å². The molecule has 2 amide bonds. The van der Waals surface area contributed by atoms with Gasteiger partial charge in [-0.05, 0) is 56.5 Å². The first kappa shape index (κ1) is 20.7. The van der Waals surface area contributed by atoms with Gasteiger partial charge < -0.3 is 4.57 Å². The minimum absolute atomic E-state index is 0.217. The number of carbonyl (C=O) groups is 2. The van der Waals surface area contributed by atoms with Gasteiger partial charge in [-0.2, -0.15) is 0 Å². The van der Waals surface area contributed by atoms with Crippen LogP contribution in [0.4, 0.5) is 5.69 Å². The predicted octanol–water partition coefficient (Wildman–Crippen LogP) is 4.93. The first-order valence-electron chi connectivity index (χ1n) is 10.6. The molecular weight excluding hydrogens is 429 g/mol. The molecule has 31 heavy (non-hydrogen) atoms. The van der Waals surface area contributed by atoms with Crippen LogP contribution in [0.5, 0.6) is 0 Å². The Labute approximate surface area is 187 Å². The highest BCUT2D eigenvalue weighted by Crippen LogP contribution is 2.70. The number of fused-ring (bicyclic) bond motifs is 1. The third-order valence-electron chi connectivity index (χ3n) is 7.26. The zero-order valence-corrected chi connectivity index (χ0v) is 19.7. The lowest BCUT2D eigenvalue weighted by Gasteiger charge is -2.48. The minimum atomic E-state index is -3.01. The highest BCUT2D eigenvalue weighted by molar-refractivity contribution is 7.73. The van der Waals surface area contributed by atoms with Crippen molar-refractivity contribution in [2.24, 2.45) is 17.8 Å². The zero-order valence-electron chi connectivity index (χ0n) is 18.1. The van der Waals surface area contributed by atoms with Crippen LogP contribution in [0.2, 0.25) is 0 Å². The van der Waals surface area contributed by atoms with Crippen molar-refractivity contribution in [3.63, 3.8) is 0 Å². The monoisotopic (exact) mass is 453 g/mol. The van der Waals surface area contributed by atoms with Gasteiger partial charge in [0.2, 0.25) is 11.8 Å². The van der Waals surface area contributed by atoms with Crippen LogP contribution in [-0.2, 0) is 14.2 Å². The standard InChI is InChI=1S/C25H25ClNO3P/c1-13-10-14(2)22(15(3)11-13)31(30)12-18-19-20(23(31)16(4)21(18)26)25(29)27(24(19)28)17-8-6-5-7-9-17/h5-11,18-20,23H,12H2,1-4H3/t18-,19-,20-,23-,31?/m0/s1. The molecular formula is C25H25ClNO3P. The molecule has 0 N–H and O–H groups in total. The Morgan fingerprint density at radius 3 is 2.13 bits per heavy atom. The summed E-state index contributed by atoms with van der Waals surface area (Å²) in [5.41, 5.74) is 3.96. The average Bonchev–Trinajstić information content (AvgIpc) is 2.96. The minimum Gasteiger partial charge on any atom is -0.318 e. The Morgan fingerprint density at radius 1 is 0.935 bits per heavy atom. The summed E-state index contributed by atoms with van der Waals surface area (Å²) in [6.07, 6.45) is 0.349. The van der Waals surface area contributed by atoms with E-state index in [0.29, 0.717) is 16.9 Å². The molecule has 1 aliphatic carbocycles. The Hall–Kier alpha value is -2.16. The third kappa shape index (κ3) is 2.71. The van der Waals surface area contributed by atoms with E-state index in [0.717, 1.165) is 27.6 Å². The van der Waals surface area contributed by atoms with Crippen LogP contribution in [0.25, 0.3) is 0 Å². The third-order valence-corrected chi connectivity index (χ3v) is 11.8. The molecule has 2 bridgehead atoms. The molecule has 6 heteroatoms. The largest absolute Gasteiger partial charge is 0.318 e. The summed E-state index contributed by atoms with van der Waals surface area (Å²) in [6, 6.07) is 13.1. The summed E-state index contributed by atoms with van der Waals surface area (Å²) in [5, 5.41) is 1.49. The van der Waals surface area contributed by atoms with Crippen LogP contribution in [0.3, 0.4) is 0 Å². The van der Waals surface area contributed by atoms with Gasteiger partial charge in [-0.3, -0.25) is 14.5 Å². The molecule has 1 unspecified atom stereocenters. The molecule has 0 spiro atoms. The number of allylic oxidation sites excluding steroid dienone is 2. The molecule has 6 rings (SSSR count). The van der Waals surface area contributed by atoms with Crippen molar-refractivity contribution in [2.45, 2.75) is 33.4 Å². The maximum atomic E-state index is 14.8. The van der Waals surface area contributed by atoms with E-state index in [4.69, 9.17) is 11.6 Å². The van der Waals surface area contributed by atoms with E-state index in [-0.39, 0.29) is 17.7 Å². The Bertz CT molecular complexity index is 1200. The maximum Gasteiger partial charge on any atom is 0.238 e. The Balaban J connectivity index is 1.69. The van der Waals surface area contributed by atoms with E-state index < -0.39 is 24.6 Å². The van der Waals surface area contributed by atoms with Gasteiger partial charge in [-0.25, -0.2) is 0 Å². The summed E-state index contributed by atoms with van der Waals surface area (Å²) in [4.78, 5) is 28.4. The molecule has 4 nitrogen and oxygen atoms in total. The lowest BCUT2D eigenvalue weighted by molar-refractivity contribution is -0.122. The quantitative estimate of drug-likeness (QED) is 0.478. The zero-order chi connectivity index (χ0) is 22.2. The normalized spacial score (nSPS) is 32.1. The Morgan fingerprint density at radius 2 is 1.52 bits per heavy atom. The van der Waals surface area contributed by atoms with Gasteiger partial charge in [-0.15, -0.1) is 0 Å². The number of anilines is 1. The Kier molecular flexibility index (Phi) is 4.63. The van der Waals surface area contributed by atoms with Crippen molar-refractivity contribution in [3.8, 4) is 0 Å². The number of halogens is 1. The van der Waals surface area contributed by atoms with Crippen LogP contribution in [-0.4, -0.2) is 23.6 Å². The first-order valence-corrected chi connectivity index (χ1v) is 13.0. The van der Waals surface area contributed by atoms with Crippen molar-refractivity contribution in [3.05, 3.63) is 69.8 Å². The number of nitrogens with zero attached hydrogens (tertiary/aromatic N) is 1. The first-order chi connectivity index (χ1) is 14.7. The van der Waals surface area contributed by atoms with Crippen LogP contribution in [0, 0.1) is 38.5 Å². The van der Waals surface area contributed by atoms with E-state index in [2.05, 4.69) is 12.1 Å². The van der Waals surface area contributed by atoms with Gasteiger partial charge in [0.1, 0.15) is 7.14 Å². The predicted molar refractivity (Wildman–Crippen MR) is 125 cm³/mol. The van der Waals surface area contributed by atoms with Crippen LogP contribution < -0.4 is 10.2 Å². The molecule has 5 atom stereocenters. The number of hydrogen-bond acceptors (Lipinski definition) is 3. The summed E-state index contributed by atoms with van der Waals surface area (Å²) in [5.74, 6) is -2.01. The molecule has 3 aliphatic heterocycles. The summed E-state index contributed by atoms with van der Waals surface area (Å²) in [6.45, 7) is 7.91. The van der Waals surface area contributed by atoms with E-state index in [1.807, 2.05) is 45.9 Å².